The molecule has 0 spiro atoms. The Morgan fingerprint density at radius 3 is 0.978 bits per heavy atom. The van der Waals surface area contributed by atoms with Crippen molar-refractivity contribution in [2.75, 3.05) is 38.2 Å². The number of ether oxygens (including phenoxy) is 4. The van der Waals surface area contributed by atoms with Gasteiger partial charge in [0.05, 0.1) is 39.8 Å². The Morgan fingerprint density at radius 1 is 0.400 bits per heavy atom. The summed E-state index contributed by atoms with van der Waals surface area (Å²) in [5, 5.41) is 0. The quantitative estimate of drug-likeness (QED) is 0.118. The van der Waals surface area contributed by atoms with Crippen LogP contribution in [0.2, 0.25) is 0 Å². The zero-order valence-electron chi connectivity index (χ0n) is 26.2. The molecule has 0 N–H and O–H groups in total. The first-order valence-corrected chi connectivity index (χ1v) is 15.6. The average Bonchev–Trinajstić information content (AvgIpc) is 3.09. The van der Waals surface area contributed by atoms with Gasteiger partial charge in [0.25, 0.3) is 0 Å². The molecule has 0 aliphatic heterocycles. The van der Waals surface area contributed by atoms with Crippen molar-refractivity contribution in [3.8, 4) is 23.0 Å². The van der Waals surface area contributed by atoms with Crippen LogP contribution in [0.3, 0.4) is 0 Å². The molecule has 5 aromatic rings. The summed E-state index contributed by atoms with van der Waals surface area (Å²) in [7, 11) is 6.77. The van der Waals surface area contributed by atoms with Crippen LogP contribution in [0.15, 0.2) is 120 Å². The van der Waals surface area contributed by atoms with Crippen LogP contribution in [0.25, 0.3) is 0 Å². The molecule has 0 unspecified atom stereocenters. The van der Waals surface area contributed by atoms with Gasteiger partial charge >= 0.3 is 0 Å². The smallest absolute Gasteiger partial charge is 0.118 e. The summed E-state index contributed by atoms with van der Waals surface area (Å²) in [5.41, 5.74) is 7.01. The van der Waals surface area contributed by atoms with E-state index in [1.54, 1.807) is 28.4 Å². The molecule has 5 aromatic carbocycles. The molecule has 6 nitrogen and oxygen atoms in total. The number of rotatable bonds is 14. The van der Waals surface area contributed by atoms with Gasteiger partial charge in [0, 0.05) is 30.7 Å². The Hall–Kier alpha value is -4.62. The van der Waals surface area contributed by atoms with Gasteiger partial charge in [-0.25, -0.2) is 0 Å². The van der Waals surface area contributed by atoms with E-state index >= 15 is 0 Å². The van der Waals surface area contributed by atoms with E-state index < -0.39 is 0 Å². The zero-order valence-corrected chi connectivity index (χ0v) is 27.8. The van der Waals surface area contributed by atoms with Crippen molar-refractivity contribution in [1.82, 2.24) is 0 Å². The van der Waals surface area contributed by atoms with Crippen LogP contribution >= 0.6 is 15.9 Å². The van der Waals surface area contributed by atoms with Gasteiger partial charge in [-0.3, -0.25) is 0 Å². The van der Waals surface area contributed by atoms with Gasteiger partial charge in [-0.05, 0) is 89.0 Å². The van der Waals surface area contributed by atoms with Crippen LogP contribution in [0.1, 0.15) is 22.3 Å². The van der Waals surface area contributed by atoms with Gasteiger partial charge in [-0.1, -0.05) is 64.5 Å². The summed E-state index contributed by atoms with van der Waals surface area (Å²) in [6, 6.07) is 39.7. The summed E-state index contributed by atoms with van der Waals surface area (Å²) in [6.45, 7) is 2.84. The Bertz CT molecular complexity index is 1540. The highest BCUT2D eigenvalue weighted by atomic mass is 79.9. The third-order valence-electron chi connectivity index (χ3n) is 7.75. The van der Waals surface area contributed by atoms with Crippen molar-refractivity contribution in [3.05, 3.63) is 142 Å². The number of anilines is 2. The first-order valence-electron chi connectivity index (χ1n) is 14.8. The van der Waals surface area contributed by atoms with Crippen LogP contribution in [-0.4, -0.2) is 28.4 Å². The third kappa shape index (κ3) is 8.52. The van der Waals surface area contributed by atoms with Crippen molar-refractivity contribution in [2.45, 2.75) is 26.2 Å². The standard InChI is InChI=1S/C38H39BrN2O4/c1-42-33-14-5-28(6-15-33)24-40(25-29-7-16-34(43-2)17-8-29)37-22-13-32(39)23-38(37)41(26-30-9-18-35(44-3)19-10-30)27-31-11-20-36(45-4)21-12-31/h5-23H,24-27H2,1-4H3. The first-order chi connectivity index (χ1) is 22.0. The van der Waals surface area contributed by atoms with Gasteiger partial charge in [0.1, 0.15) is 23.0 Å². The molecule has 0 saturated heterocycles. The van der Waals surface area contributed by atoms with Crippen LogP contribution in [-0.2, 0) is 26.2 Å². The molecule has 0 fully saturated rings. The van der Waals surface area contributed by atoms with E-state index in [1.165, 1.54) is 22.3 Å². The minimum Gasteiger partial charge on any atom is -0.497 e. The Morgan fingerprint density at radius 2 is 0.689 bits per heavy atom. The second-order valence-corrected chi connectivity index (χ2v) is 11.7. The second-order valence-electron chi connectivity index (χ2n) is 10.7. The molecule has 0 radical (unpaired) electrons. The van der Waals surface area contributed by atoms with Crippen molar-refractivity contribution in [3.63, 3.8) is 0 Å². The van der Waals surface area contributed by atoms with Crippen molar-refractivity contribution in [2.24, 2.45) is 0 Å². The highest BCUT2D eigenvalue weighted by Gasteiger charge is 2.20. The maximum absolute atomic E-state index is 5.43. The monoisotopic (exact) mass is 666 g/mol. The Balaban J connectivity index is 1.57. The number of benzene rings is 5. The number of halogens is 1. The van der Waals surface area contributed by atoms with E-state index in [2.05, 4.69) is 92.5 Å². The fraction of sp³-hybridized carbons (Fsp3) is 0.211. The van der Waals surface area contributed by atoms with Crippen molar-refractivity contribution in [1.29, 1.82) is 0 Å². The van der Waals surface area contributed by atoms with Crippen LogP contribution < -0.4 is 28.7 Å². The topological polar surface area (TPSA) is 43.4 Å². The molecule has 0 aliphatic rings. The summed E-state index contributed by atoms with van der Waals surface area (Å²) < 4.78 is 22.7. The maximum atomic E-state index is 5.43. The molecule has 0 aromatic heterocycles. The molecule has 5 rings (SSSR count). The molecule has 0 bridgehead atoms. The van der Waals surface area contributed by atoms with E-state index in [4.69, 9.17) is 18.9 Å². The predicted molar refractivity (Wildman–Crippen MR) is 186 cm³/mol. The zero-order chi connectivity index (χ0) is 31.6. The second kappa shape index (κ2) is 15.4. The Kier molecular flexibility index (Phi) is 10.9. The normalized spacial score (nSPS) is 10.7. The SMILES string of the molecule is COc1ccc(CN(Cc2ccc(OC)cc2)c2ccc(Br)cc2N(Cc2ccc(OC)cc2)Cc2ccc(OC)cc2)cc1. The van der Waals surface area contributed by atoms with E-state index in [0.717, 1.165) is 38.8 Å². The molecule has 7 heteroatoms. The van der Waals surface area contributed by atoms with E-state index in [0.29, 0.717) is 26.2 Å². The minimum absolute atomic E-state index is 0.707. The van der Waals surface area contributed by atoms with E-state index in [-0.39, 0.29) is 0 Å². The molecule has 232 valence electrons. The highest BCUT2D eigenvalue weighted by molar-refractivity contribution is 9.10. The summed E-state index contributed by atoms with van der Waals surface area (Å²) in [5.74, 6) is 3.37. The van der Waals surface area contributed by atoms with Gasteiger partial charge in [-0.15, -0.1) is 0 Å². The molecule has 45 heavy (non-hydrogen) atoms. The Labute approximate surface area is 274 Å². The average molecular weight is 668 g/mol. The predicted octanol–water partition coefficient (Wildman–Crippen LogP) is 8.90. The lowest BCUT2D eigenvalue weighted by Crippen LogP contribution is -2.28. The van der Waals surface area contributed by atoms with Gasteiger partial charge in [-0.2, -0.15) is 0 Å². The molecular formula is C38H39BrN2O4. The molecule has 0 atom stereocenters. The lowest BCUT2D eigenvalue weighted by Gasteiger charge is -2.33. The van der Waals surface area contributed by atoms with Crippen molar-refractivity contribution < 1.29 is 18.9 Å². The van der Waals surface area contributed by atoms with Crippen LogP contribution in [0.5, 0.6) is 23.0 Å². The molecule has 0 heterocycles. The largest absolute Gasteiger partial charge is 0.497 e. The lowest BCUT2D eigenvalue weighted by atomic mass is 10.1. The highest BCUT2D eigenvalue weighted by Crippen LogP contribution is 2.37. The maximum Gasteiger partial charge on any atom is 0.118 e. The van der Waals surface area contributed by atoms with Gasteiger partial charge in [0.2, 0.25) is 0 Å². The number of hydrogen-bond acceptors (Lipinski definition) is 6. The lowest BCUT2D eigenvalue weighted by molar-refractivity contribution is 0.414. The summed E-state index contributed by atoms with van der Waals surface area (Å²) in [4.78, 5) is 4.86. The number of hydrogen-bond donors (Lipinski definition) is 0. The fourth-order valence-electron chi connectivity index (χ4n) is 5.28. The third-order valence-corrected chi connectivity index (χ3v) is 8.24. The van der Waals surface area contributed by atoms with Crippen LogP contribution in [0, 0.1) is 0 Å². The van der Waals surface area contributed by atoms with Gasteiger partial charge < -0.3 is 28.7 Å². The van der Waals surface area contributed by atoms with E-state index in [9.17, 15) is 0 Å². The van der Waals surface area contributed by atoms with Crippen LogP contribution in [0.4, 0.5) is 11.4 Å². The van der Waals surface area contributed by atoms with Gasteiger partial charge in [0.15, 0.2) is 0 Å². The summed E-state index contributed by atoms with van der Waals surface area (Å²) >= 11 is 3.78. The first kappa shape index (κ1) is 31.8. The van der Waals surface area contributed by atoms with E-state index in [1.807, 2.05) is 48.5 Å². The molecule has 0 amide bonds. The van der Waals surface area contributed by atoms with Crippen molar-refractivity contribution >= 4 is 27.3 Å². The minimum atomic E-state index is 0.707. The molecular weight excluding hydrogens is 628 g/mol. The number of methoxy groups -OCH3 is 4. The fourth-order valence-corrected chi connectivity index (χ4v) is 5.62. The molecule has 0 aliphatic carbocycles. The molecule has 0 saturated carbocycles. The summed E-state index contributed by atoms with van der Waals surface area (Å²) in [6.07, 6.45) is 0. The number of nitrogens with zero attached hydrogens (tertiary/aromatic N) is 2.